The number of hydrogen-bond acceptors (Lipinski definition) is 6. The highest BCUT2D eigenvalue weighted by Crippen LogP contribution is 2.27. The van der Waals surface area contributed by atoms with Gasteiger partial charge in [0.25, 0.3) is 0 Å². The Morgan fingerprint density at radius 3 is 2.48 bits per heavy atom. The SMILES string of the molecule is COc1cc(COC(=O)/C=C/c2ccc(O)c(O)c2)ccc1O. The van der Waals surface area contributed by atoms with Crippen LogP contribution in [-0.2, 0) is 16.1 Å². The van der Waals surface area contributed by atoms with Crippen molar-refractivity contribution in [1.29, 1.82) is 0 Å². The third-order valence-corrected chi connectivity index (χ3v) is 3.04. The van der Waals surface area contributed by atoms with Gasteiger partial charge in [-0.15, -0.1) is 0 Å². The van der Waals surface area contributed by atoms with Gasteiger partial charge < -0.3 is 24.8 Å². The lowest BCUT2D eigenvalue weighted by molar-refractivity contribution is -0.138. The molecule has 6 nitrogen and oxygen atoms in total. The van der Waals surface area contributed by atoms with Gasteiger partial charge in [-0.05, 0) is 41.5 Å². The molecule has 2 aromatic rings. The van der Waals surface area contributed by atoms with Crippen LogP contribution in [0.5, 0.6) is 23.0 Å². The summed E-state index contributed by atoms with van der Waals surface area (Å²) in [4.78, 5) is 11.7. The highest BCUT2D eigenvalue weighted by molar-refractivity contribution is 5.87. The molecule has 0 aliphatic carbocycles. The van der Waals surface area contributed by atoms with Crippen molar-refractivity contribution in [1.82, 2.24) is 0 Å². The third kappa shape index (κ3) is 4.41. The highest BCUT2D eigenvalue weighted by atomic mass is 16.5. The van der Waals surface area contributed by atoms with Gasteiger partial charge in [0, 0.05) is 6.08 Å². The van der Waals surface area contributed by atoms with Crippen LogP contribution in [-0.4, -0.2) is 28.4 Å². The van der Waals surface area contributed by atoms with Gasteiger partial charge in [-0.3, -0.25) is 0 Å². The predicted molar refractivity (Wildman–Crippen MR) is 83.3 cm³/mol. The number of aromatic hydroxyl groups is 3. The molecule has 3 N–H and O–H groups in total. The fourth-order valence-corrected chi connectivity index (χ4v) is 1.82. The molecule has 23 heavy (non-hydrogen) atoms. The van der Waals surface area contributed by atoms with Crippen molar-refractivity contribution in [2.45, 2.75) is 6.61 Å². The summed E-state index contributed by atoms with van der Waals surface area (Å²) >= 11 is 0. The van der Waals surface area contributed by atoms with Gasteiger partial charge in [-0.1, -0.05) is 12.1 Å². The van der Waals surface area contributed by atoms with Crippen LogP contribution in [0.25, 0.3) is 6.08 Å². The molecule has 0 unspecified atom stereocenters. The number of carbonyl (C=O) groups excluding carboxylic acids is 1. The standard InChI is InChI=1S/C17H16O6/c1-22-16-9-12(3-6-14(16)19)10-23-17(21)7-4-11-2-5-13(18)15(20)8-11/h2-9,18-20H,10H2,1H3/b7-4+. The topological polar surface area (TPSA) is 96.2 Å². The second kappa shape index (κ2) is 7.22. The van der Waals surface area contributed by atoms with E-state index in [9.17, 15) is 20.1 Å². The summed E-state index contributed by atoms with van der Waals surface area (Å²) in [5, 5.41) is 28.0. The van der Waals surface area contributed by atoms with Gasteiger partial charge in [0.05, 0.1) is 7.11 Å². The zero-order valence-electron chi connectivity index (χ0n) is 12.4. The van der Waals surface area contributed by atoms with E-state index in [0.717, 1.165) is 0 Å². The van der Waals surface area contributed by atoms with Crippen molar-refractivity contribution in [3.8, 4) is 23.0 Å². The number of phenols is 3. The lowest BCUT2D eigenvalue weighted by Crippen LogP contribution is -2.01. The zero-order chi connectivity index (χ0) is 16.8. The van der Waals surface area contributed by atoms with Gasteiger partial charge in [0.2, 0.25) is 0 Å². The fourth-order valence-electron chi connectivity index (χ4n) is 1.82. The molecule has 0 aromatic heterocycles. The van der Waals surface area contributed by atoms with Crippen molar-refractivity contribution in [2.24, 2.45) is 0 Å². The molecule has 0 fully saturated rings. The summed E-state index contributed by atoms with van der Waals surface area (Å²) in [7, 11) is 1.43. The molecule has 0 aliphatic heterocycles. The van der Waals surface area contributed by atoms with Gasteiger partial charge in [-0.25, -0.2) is 4.79 Å². The number of phenolic OH excluding ortho intramolecular Hbond substituents is 3. The van der Waals surface area contributed by atoms with E-state index in [1.54, 1.807) is 18.2 Å². The smallest absolute Gasteiger partial charge is 0.331 e. The first-order valence-corrected chi connectivity index (χ1v) is 6.72. The maximum Gasteiger partial charge on any atom is 0.331 e. The van der Waals surface area contributed by atoms with E-state index in [1.165, 1.54) is 37.5 Å². The Morgan fingerprint density at radius 1 is 1.04 bits per heavy atom. The molecule has 2 rings (SSSR count). The molecule has 6 heteroatoms. The molecule has 0 aliphatic rings. The van der Waals surface area contributed by atoms with Gasteiger partial charge in [0.15, 0.2) is 23.0 Å². The predicted octanol–water partition coefficient (Wildman–Crippen LogP) is 2.57. The molecule has 120 valence electrons. The fraction of sp³-hybridized carbons (Fsp3) is 0.118. The van der Waals surface area contributed by atoms with E-state index in [1.807, 2.05) is 0 Å². The Labute approximate surface area is 132 Å². The number of esters is 1. The van der Waals surface area contributed by atoms with Gasteiger partial charge in [0.1, 0.15) is 6.61 Å². The lowest BCUT2D eigenvalue weighted by Gasteiger charge is -2.06. The molecule has 0 bridgehead atoms. The summed E-state index contributed by atoms with van der Waals surface area (Å²) in [5.41, 5.74) is 1.22. The van der Waals surface area contributed by atoms with Crippen LogP contribution in [0.3, 0.4) is 0 Å². The second-order valence-corrected chi connectivity index (χ2v) is 4.70. The zero-order valence-corrected chi connectivity index (χ0v) is 12.4. The minimum Gasteiger partial charge on any atom is -0.504 e. The van der Waals surface area contributed by atoms with Crippen LogP contribution < -0.4 is 4.74 Å². The summed E-state index contributed by atoms with van der Waals surface area (Å²) in [6.45, 7) is 0.0284. The van der Waals surface area contributed by atoms with Crippen LogP contribution in [0.1, 0.15) is 11.1 Å². The van der Waals surface area contributed by atoms with Crippen molar-refractivity contribution < 1.29 is 29.6 Å². The number of ether oxygens (including phenoxy) is 2. The van der Waals surface area contributed by atoms with Crippen LogP contribution in [0.2, 0.25) is 0 Å². The van der Waals surface area contributed by atoms with Gasteiger partial charge in [-0.2, -0.15) is 0 Å². The Kier molecular flexibility index (Phi) is 5.09. The molecule has 0 saturated heterocycles. The minimum absolute atomic E-state index is 0.00890. The summed E-state index contributed by atoms with van der Waals surface area (Å²) < 4.78 is 10.0. The molecular formula is C17H16O6. The van der Waals surface area contributed by atoms with Crippen LogP contribution in [0.4, 0.5) is 0 Å². The molecule has 2 aromatic carbocycles. The number of methoxy groups -OCH3 is 1. The monoisotopic (exact) mass is 316 g/mol. The first kappa shape index (κ1) is 16.2. The average molecular weight is 316 g/mol. The summed E-state index contributed by atoms with van der Waals surface area (Å²) in [5.74, 6) is -0.754. The van der Waals surface area contributed by atoms with Crippen LogP contribution >= 0.6 is 0 Å². The van der Waals surface area contributed by atoms with Crippen molar-refractivity contribution in [3.05, 3.63) is 53.6 Å². The van der Waals surface area contributed by atoms with Gasteiger partial charge >= 0.3 is 5.97 Å². The molecule has 0 amide bonds. The first-order valence-electron chi connectivity index (χ1n) is 6.72. The van der Waals surface area contributed by atoms with E-state index >= 15 is 0 Å². The van der Waals surface area contributed by atoms with Crippen molar-refractivity contribution >= 4 is 12.0 Å². The molecule has 0 atom stereocenters. The average Bonchev–Trinajstić information content (AvgIpc) is 2.55. The van der Waals surface area contributed by atoms with Crippen molar-refractivity contribution in [2.75, 3.05) is 7.11 Å². The first-order chi connectivity index (χ1) is 11.0. The largest absolute Gasteiger partial charge is 0.504 e. The highest BCUT2D eigenvalue weighted by Gasteiger charge is 2.05. The van der Waals surface area contributed by atoms with Crippen LogP contribution in [0, 0.1) is 0 Å². The van der Waals surface area contributed by atoms with E-state index in [-0.39, 0.29) is 23.9 Å². The maximum atomic E-state index is 11.7. The second-order valence-electron chi connectivity index (χ2n) is 4.70. The third-order valence-electron chi connectivity index (χ3n) is 3.04. The molecule has 0 heterocycles. The number of hydrogen-bond donors (Lipinski definition) is 3. The Balaban J connectivity index is 1.94. The normalized spacial score (nSPS) is 10.7. The lowest BCUT2D eigenvalue weighted by atomic mass is 10.2. The minimum atomic E-state index is -0.565. The van der Waals surface area contributed by atoms with Crippen molar-refractivity contribution in [3.63, 3.8) is 0 Å². The number of benzene rings is 2. The number of rotatable bonds is 5. The summed E-state index contributed by atoms with van der Waals surface area (Å²) in [6, 6.07) is 8.84. The Morgan fingerprint density at radius 2 is 1.78 bits per heavy atom. The molecule has 0 spiro atoms. The summed E-state index contributed by atoms with van der Waals surface area (Å²) in [6.07, 6.45) is 2.67. The Hall–Kier alpha value is -3.15. The molecular weight excluding hydrogens is 300 g/mol. The Bertz CT molecular complexity index is 736. The van der Waals surface area contributed by atoms with E-state index in [4.69, 9.17) is 9.47 Å². The number of carbonyl (C=O) groups is 1. The van der Waals surface area contributed by atoms with Crippen LogP contribution in [0.15, 0.2) is 42.5 Å². The molecule has 0 radical (unpaired) electrons. The van der Waals surface area contributed by atoms with E-state index < -0.39 is 5.97 Å². The maximum absolute atomic E-state index is 11.7. The van der Waals surface area contributed by atoms with E-state index in [0.29, 0.717) is 16.9 Å². The van der Waals surface area contributed by atoms with E-state index in [2.05, 4.69) is 0 Å². The quantitative estimate of drug-likeness (QED) is 0.446. The molecule has 0 saturated carbocycles.